The quantitative estimate of drug-likeness (QED) is 0.636. The van der Waals surface area contributed by atoms with Gasteiger partial charge >= 0.3 is 0 Å². The lowest BCUT2D eigenvalue weighted by Crippen LogP contribution is -2.29. The van der Waals surface area contributed by atoms with Crippen molar-refractivity contribution >= 4 is 0 Å². The zero-order chi connectivity index (χ0) is 14.7. The second-order valence-electron chi connectivity index (χ2n) is 4.55. The number of rotatable bonds is 5. The fourth-order valence-corrected chi connectivity index (χ4v) is 2.31. The summed E-state index contributed by atoms with van der Waals surface area (Å²) < 4.78 is 12.4. The van der Waals surface area contributed by atoms with Crippen LogP contribution >= 0.6 is 0 Å². The Balaban J connectivity index is 2.49. The second kappa shape index (κ2) is 5.94. The summed E-state index contributed by atoms with van der Waals surface area (Å²) in [6.07, 6.45) is 1.95. The minimum atomic E-state index is -0.190. The van der Waals surface area contributed by atoms with Crippen molar-refractivity contribution in [2.75, 3.05) is 14.2 Å². The highest BCUT2D eigenvalue weighted by Crippen LogP contribution is 2.33. The molecule has 3 N–H and O–H groups in total. The van der Waals surface area contributed by atoms with E-state index >= 15 is 0 Å². The number of hydrogen-bond acceptors (Lipinski definition) is 5. The van der Waals surface area contributed by atoms with Crippen molar-refractivity contribution in [2.24, 2.45) is 12.9 Å². The molecule has 1 aromatic carbocycles. The van der Waals surface area contributed by atoms with E-state index < -0.39 is 0 Å². The third-order valence-electron chi connectivity index (χ3n) is 3.28. The number of nitrogens with two attached hydrogens (primary N) is 1. The van der Waals surface area contributed by atoms with Crippen LogP contribution in [-0.4, -0.2) is 24.0 Å². The lowest BCUT2D eigenvalue weighted by molar-refractivity contribution is 0.387. The molecular weight excluding hydrogens is 256 g/mol. The molecule has 1 atom stereocenters. The Kier molecular flexibility index (Phi) is 4.26. The van der Waals surface area contributed by atoms with Crippen molar-refractivity contribution in [3.8, 4) is 11.5 Å². The van der Waals surface area contributed by atoms with Gasteiger partial charge in [-0.15, -0.1) is 0 Å². The summed E-state index contributed by atoms with van der Waals surface area (Å²) in [4.78, 5) is 0. The Morgan fingerprint density at radius 2 is 2.00 bits per heavy atom. The van der Waals surface area contributed by atoms with Gasteiger partial charge in [0, 0.05) is 30.4 Å². The first kappa shape index (κ1) is 14.4. The molecule has 6 heteroatoms. The van der Waals surface area contributed by atoms with Gasteiger partial charge in [0.15, 0.2) is 0 Å². The van der Waals surface area contributed by atoms with E-state index in [9.17, 15) is 0 Å². The van der Waals surface area contributed by atoms with Gasteiger partial charge in [0.2, 0.25) is 0 Å². The summed E-state index contributed by atoms with van der Waals surface area (Å²) >= 11 is 0. The predicted octanol–water partition coefficient (Wildman–Crippen LogP) is 1.30. The summed E-state index contributed by atoms with van der Waals surface area (Å²) in [6.45, 7) is 1.95. The molecule has 2 aromatic rings. The van der Waals surface area contributed by atoms with Gasteiger partial charge in [-0.1, -0.05) is 0 Å². The molecule has 1 unspecified atom stereocenters. The van der Waals surface area contributed by atoms with Crippen LogP contribution < -0.4 is 20.7 Å². The van der Waals surface area contributed by atoms with E-state index in [0.717, 1.165) is 28.3 Å². The van der Waals surface area contributed by atoms with Gasteiger partial charge < -0.3 is 9.47 Å². The minimum Gasteiger partial charge on any atom is -0.497 e. The van der Waals surface area contributed by atoms with Crippen LogP contribution in [-0.2, 0) is 7.05 Å². The lowest BCUT2D eigenvalue weighted by atomic mass is 9.99. The Hall–Kier alpha value is -2.05. The number of nitrogens with one attached hydrogen (secondary N) is 1. The fourth-order valence-electron chi connectivity index (χ4n) is 2.31. The second-order valence-corrected chi connectivity index (χ2v) is 4.55. The van der Waals surface area contributed by atoms with E-state index in [0.29, 0.717) is 0 Å². The standard InChI is InChI=1S/C14H20N4O2/c1-9-12(8-18(2)17-9)14(16-15)11-6-5-10(19-3)7-13(11)20-4/h5-8,14,16H,15H2,1-4H3. The lowest BCUT2D eigenvalue weighted by Gasteiger charge is -2.19. The Bertz CT molecular complexity index is 595. The van der Waals surface area contributed by atoms with E-state index in [1.54, 1.807) is 18.9 Å². The van der Waals surface area contributed by atoms with E-state index in [4.69, 9.17) is 15.3 Å². The maximum Gasteiger partial charge on any atom is 0.127 e. The van der Waals surface area contributed by atoms with Crippen LogP contribution in [0, 0.1) is 6.92 Å². The maximum absolute atomic E-state index is 5.74. The predicted molar refractivity (Wildman–Crippen MR) is 76.7 cm³/mol. The summed E-state index contributed by atoms with van der Waals surface area (Å²) in [5.41, 5.74) is 5.70. The monoisotopic (exact) mass is 276 g/mol. The van der Waals surface area contributed by atoms with E-state index in [-0.39, 0.29) is 6.04 Å². The summed E-state index contributed by atoms with van der Waals surface area (Å²) in [5.74, 6) is 7.19. The van der Waals surface area contributed by atoms with Crippen LogP contribution in [0.2, 0.25) is 0 Å². The van der Waals surface area contributed by atoms with Gasteiger partial charge in [-0.3, -0.25) is 10.5 Å². The highest BCUT2D eigenvalue weighted by molar-refractivity contribution is 5.46. The number of aromatic nitrogens is 2. The average Bonchev–Trinajstić information content (AvgIpc) is 2.79. The molecule has 1 heterocycles. The molecular formula is C14H20N4O2. The van der Waals surface area contributed by atoms with Gasteiger partial charge in [-0.05, 0) is 19.1 Å². The average molecular weight is 276 g/mol. The zero-order valence-electron chi connectivity index (χ0n) is 12.2. The van der Waals surface area contributed by atoms with Crippen molar-refractivity contribution in [1.29, 1.82) is 0 Å². The highest BCUT2D eigenvalue weighted by Gasteiger charge is 2.21. The van der Waals surface area contributed by atoms with Crippen LogP contribution in [0.3, 0.4) is 0 Å². The topological polar surface area (TPSA) is 74.3 Å². The van der Waals surface area contributed by atoms with Gasteiger partial charge in [-0.25, -0.2) is 5.43 Å². The van der Waals surface area contributed by atoms with Crippen molar-refractivity contribution in [3.05, 3.63) is 41.2 Å². The number of hydrazine groups is 1. The third kappa shape index (κ3) is 2.61. The Morgan fingerprint density at radius 1 is 1.25 bits per heavy atom. The maximum atomic E-state index is 5.74. The molecule has 0 aliphatic heterocycles. The Labute approximate surface area is 118 Å². The van der Waals surface area contributed by atoms with Crippen molar-refractivity contribution in [2.45, 2.75) is 13.0 Å². The van der Waals surface area contributed by atoms with Crippen LogP contribution in [0.1, 0.15) is 22.9 Å². The molecule has 0 bridgehead atoms. The third-order valence-corrected chi connectivity index (χ3v) is 3.28. The van der Waals surface area contributed by atoms with E-state index in [1.165, 1.54) is 0 Å². The van der Waals surface area contributed by atoms with E-state index in [2.05, 4.69) is 10.5 Å². The number of aryl methyl sites for hydroxylation is 2. The van der Waals surface area contributed by atoms with Crippen molar-refractivity contribution in [1.82, 2.24) is 15.2 Å². The number of methoxy groups -OCH3 is 2. The molecule has 0 amide bonds. The molecule has 0 aliphatic carbocycles. The van der Waals surface area contributed by atoms with Crippen LogP contribution in [0.25, 0.3) is 0 Å². The molecule has 0 aliphatic rings. The largest absolute Gasteiger partial charge is 0.497 e. The fraction of sp³-hybridized carbons (Fsp3) is 0.357. The van der Waals surface area contributed by atoms with Gasteiger partial charge in [0.1, 0.15) is 11.5 Å². The zero-order valence-corrected chi connectivity index (χ0v) is 12.2. The van der Waals surface area contributed by atoms with Crippen LogP contribution in [0.15, 0.2) is 24.4 Å². The van der Waals surface area contributed by atoms with Gasteiger partial charge in [-0.2, -0.15) is 5.10 Å². The molecule has 0 saturated carbocycles. The first-order chi connectivity index (χ1) is 9.60. The summed E-state index contributed by atoms with van der Waals surface area (Å²) in [7, 11) is 5.13. The van der Waals surface area contributed by atoms with Gasteiger partial charge in [0.25, 0.3) is 0 Å². The molecule has 6 nitrogen and oxygen atoms in total. The minimum absolute atomic E-state index is 0.190. The summed E-state index contributed by atoms with van der Waals surface area (Å²) in [5, 5.41) is 4.35. The molecule has 0 saturated heterocycles. The van der Waals surface area contributed by atoms with Crippen LogP contribution in [0.5, 0.6) is 11.5 Å². The highest BCUT2D eigenvalue weighted by atomic mass is 16.5. The molecule has 0 fully saturated rings. The van der Waals surface area contributed by atoms with Gasteiger partial charge in [0.05, 0.1) is 26.0 Å². The molecule has 0 radical (unpaired) electrons. The Morgan fingerprint density at radius 3 is 2.50 bits per heavy atom. The number of ether oxygens (including phenoxy) is 2. The smallest absolute Gasteiger partial charge is 0.127 e. The normalized spacial score (nSPS) is 12.2. The number of hydrogen-bond donors (Lipinski definition) is 2. The van der Waals surface area contributed by atoms with E-state index in [1.807, 2.05) is 38.4 Å². The first-order valence-corrected chi connectivity index (χ1v) is 6.29. The molecule has 108 valence electrons. The molecule has 0 spiro atoms. The van der Waals surface area contributed by atoms with Crippen molar-refractivity contribution < 1.29 is 9.47 Å². The first-order valence-electron chi connectivity index (χ1n) is 6.29. The van der Waals surface area contributed by atoms with Crippen molar-refractivity contribution in [3.63, 3.8) is 0 Å². The van der Waals surface area contributed by atoms with Crippen LogP contribution in [0.4, 0.5) is 0 Å². The summed E-state index contributed by atoms with van der Waals surface area (Å²) in [6, 6.07) is 5.47. The SMILES string of the molecule is COc1ccc(C(NN)c2cn(C)nc2C)c(OC)c1. The number of nitrogens with zero attached hydrogens (tertiary/aromatic N) is 2. The molecule has 1 aromatic heterocycles. The molecule has 20 heavy (non-hydrogen) atoms. The number of benzene rings is 1. The molecule has 2 rings (SSSR count).